The Hall–Kier alpha value is -3.70. The first-order valence-corrected chi connectivity index (χ1v) is 18.6. The largest absolute Gasteiger partial charge is 0.466 e. The lowest BCUT2D eigenvalue weighted by Crippen LogP contribution is -2.62. The van der Waals surface area contributed by atoms with Gasteiger partial charge in [0.2, 0.25) is 11.7 Å². The summed E-state index contributed by atoms with van der Waals surface area (Å²) in [6.45, 7) is 4.42. The molecule has 54 heavy (non-hydrogen) atoms. The molecule has 5 rings (SSSR count). The average Bonchev–Trinajstić information content (AvgIpc) is 3.11. The zero-order chi connectivity index (χ0) is 39.0. The van der Waals surface area contributed by atoms with Gasteiger partial charge in [-0.2, -0.15) is 0 Å². The van der Waals surface area contributed by atoms with Crippen molar-refractivity contribution in [2.75, 3.05) is 25.6 Å². The number of anilines is 1. The summed E-state index contributed by atoms with van der Waals surface area (Å²) in [5.41, 5.74) is -0.891. The van der Waals surface area contributed by atoms with Gasteiger partial charge in [0.05, 0.1) is 62.8 Å². The van der Waals surface area contributed by atoms with Crippen molar-refractivity contribution in [3.63, 3.8) is 0 Å². The van der Waals surface area contributed by atoms with Crippen molar-refractivity contribution < 1.29 is 67.7 Å². The van der Waals surface area contributed by atoms with E-state index in [0.717, 1.165) is 25.3 Å². The molecule has 3 saturated heterocycles. The van der Waals surface area contributed by atoms with Crippen LogP contribution in [0, 0.1) is 5.41 Å². The van der Waals surface area contributed by atoms with Crippen LogP contribution in [0.5, 0.6) is 0 Å². The van der Waals surface area contributed by atoms with E-state index in [1.54, 1.807) is 38.1 Å². The molecule has 3 fully saturated rings. The molecule has 0 radical (unpaired) electrons. The maximum absolute atomic E-state index is 13.8. The lowest BCUT2D eigenvalue weighted by Gasteiger charge is -2.51. The number of fused-ring (bicyclic) bond motifs is 6. The molecule has 4 heterocycles. The molecular weight excluding hydrogens is 706 g/mol. The minimum absolute atomic E-state index is 0.0439. The number of benzene rings is 1. The molecule has 4 aliphatic rings. The van der Waals surface area contributed by atoms with E-state index in [1.807, 2.05) is 0 Å². The van der Waals surface area contributed by atoms with Gasteiger partial charge in [0, 0.05) is 36.9 Å². The molecule has 0 aromatic heterocycles. The van der Waals surface area contributed by atoms with Crippen LogP contribution >= 0.6 is 0 Å². The third-order valence-corrected chi connectivity index (χ3v) is 10.2. The Morgan fingerprint density at radius 2 is 1.76 bits per heavy atom. The Labute approximate surface area is 314 Å². The van der Waals surface area contributed by atoms with Crippen LogP contribution in [0.4, 0.5) is 5.69 Å². The van der Waals surface area contributed by atoms with Gasteiger partial charge in [0.1, 0.15) is 6.10 Å². The molecule has 1 amide bonds. The van der Waals surface area contributed by atoms with Crippen molar-refractivity contribution in [2.45, 2.75) is 133 Å². The van der Waals surface area contributed by atoms with Gasteiger partial charge in [0.25, 0.3) is 0 Å². The fourth-order valence-corrected chi connectivity index (χ4v) is 7.42. The fraction of sp³-hybridized carbons (Fsp3) is 0.641. The second-order valence-electron chi connectivity index (χ2n) is 15.0. The molecule has 9 atom stereocenters. The molecule has 0 unspecified atom stereocenters. The van der Waals surface area contributed by atoms with Crippen LogP contribution in [-0.4, -0.2) is 114 Å². The highest BCUT2D eigenvalue weighted by molar-refractivity contribution is 5.94. The number of aliphatic hydroxyl groups excluding tert-OH is 2. The molecule has 6 bridgehead atoms. The Morgan fingerprint density at radius 3 is 2.48 bits per heavy atom. The highest BCUT2D eigenvalue weighted by Gasteiger charge is 2.57. The summed E-state index contributed by atoms with van der Waals surface area (Å²) in [4.78, 5) is 51.2. The summed E-state index contributed by atoms with van der Waals surface area (Å²) in [6.07, 6.45) is 1.69. The van der Waals surface area contributed by atoms with Gasteiger partial charge in [-0.1, -0.05) is 26.0 Å². The van der Waals surface area contributed by atoms with Crippen LogP contribution in [-0.2, 0) is 47.5 Å². The van der Waals surface area contributed by atoms with Gasteiger partial charge >= 0.3 is 17.9 Å². The molecule has 0 saturated carbocycles. The smallest absolute Gasteiger partial charge is 0.339 e. The van der Waals surface area contributed by atoms with Crippen LogP contribution in [0.15, 0.2) is 48.1 Å². The first-order valence-electron chi connectivity index (χ1n) is 18.6. The predicted octanol–water partition coefficient (Wildman–Crippen LogP) is 3.24. The number of ether oxygens (including phenoxy) is 7. The van der Waals surface area contributed by atoms with E-state index in [1.165, 1.54) is 26.2 Å². The SMILES string of the molecule is COC(=O)/C=C1\C[C@H]2C[C@@H](CO)OC(=O)C[C@H](O)C[C@@H]3CCC[C@H](C[C@@H]4CCO[C@H](/C=C/C(C)(C)[C@](O)(O2)[C@H]1OC(=O)c1cccc(NC(C)=O)c1)O4)O3. The maximum Gasteiger partial charge on any atom is 0.339 e. The van der Waals surface area contributed by atoms with Crippen LogP contribution in [0.25, 0.3) is 0 Å². The fourth-order valence-electron chi connectivity index (χ4n) is 7.42. The summed E-state index contributed by atoms with van der Waals surface area (Å²) in [5.74, 6) is -5.16. The molecule has 15 heteroatoms. The van der Waals surface area contributed by atoms with Gasteiger partial charge in [-0.25, -0.2) is 9.59 Å². The zero-order valence-corrected chi connectivity index (χ0v) is 31.3. The number of methoxy groups -OCH3 is 1. The highest BCUT2D eigenvalue weighted by atomic mass is 16.7. The molecule has 4 N–H and O–H groups in total. The molecule has 4 aliphatic heterocycles. The Kier molecular flexibility index (Phi) is 14.0. The van der Waals surface area contributed by atoms with Crippen molar-refractivity contribution in [2.24, 2.45) is 5.41 Å². The van der Waals surface area contributed by atoms with Crippen LogP contribution in [0.1, 0.15) is 88.9 Å². The van der Waals surface area contributed by atoms with Crippen LogP contribution < -0.4 is 5.32 Å². The lowest BCUT2D eigenvalue weighted by molar-refractivity contribution is -0.324. The van der Waals surface area contributed by atoms with Crippen molar-refractivity contribution in [1.29, 1.82) is 0 Å². The minimum atomic E-state index is -2.39. The number of hydrogen-bond acceptors (Lipinski definition) is 14. The second kappa shape index (κ2) is 18.3. The molecule has 1 aromatic carbocycles. The minimum Gasteiger partial charge on any atom is -0.466 e. The number of carbonyl (C=O) groups is 4. The number of esters is 3. The summed E-state index contributed by atoms with van der Waals surface area (Å²) < 4.78 is 41.4. The quantitative estimate of drug-likeness (QED) is 0.147. The normalized spacial score (nSPS) is 34.8. The van der Waals surface area contributed by atoms with E-state index in [-0.39, 0.29) is 61.0 Å². The van der Waals surface area contributed by atoms with Crippen molar-refractivity contribution in [3.05, 3.63) is 53.6 Å². The number of rotatable bonds is 5. The topological polar surface area (TPSA) is 206 Å². The summed E-state index contributed by atoms with van der Waals surface area (Å²) in [6, 6.07) is 6.02. The maximum atomic E-state index is 13.8. The van der Waals surface area contributed by atoms with Crippen molar-refractivity contribution in [3.8, 4) is 0 Å². The van der Waals surface area contributed by atoms with Gasteiger partial charge in [-0.15, -0.1) is 0 Å². The first kappa shape index (κ1) is 41.5. The molecule has 298 valence electrons. The number of hydrogen-bond donors (Lipinski definition) is 4. The summed E-state index contributed by atoms with van der Waals surface area (Å²) in [5, 5.41) is 36.4. The van der Waals surface area contributed by atoms with Gasteiger partial charge in [-0.05, 0) is 68.4 Å². The number of carbonyl (C=O) groups excluding carboxylic acids is 4. The van der Waals surface area contributed by atoms with E-state index < -0.39 is 66.4 Å². The molecule has 15 nitrogen and oxygen atoms in total. The summed E-state index contributed by atoms with van der Waals surface area (Å²) >= 11 is 0. The second-order valence-corrected chi connectivity index (χ2v) is 15.0. The number of nitrogens with one attached hydrogen (secondary N) is 1. The van der Waals surface area contributed by atoms with E-state index >= 15 is 0 Å². The first-order chi connectivity index (χ1) is 25.7. The predicted molar refractivity (Wildman–Crippen MR) is 191 cm³/mol. The van der Waals surface area contributed by atoms with E-state index in [0.29, 0.717) is 25.1 Å². The Morgan fingerprint density at radius 1 is 1.02 bits per heavy atom. The molecule has 0 spiro atoms. The number of aliphatic hydroxyl groups is 3. The molecular formula is C39H53NO14. The van der Waals surface area contributed by atoms with Gasteiger partial charge in [-0.3, -0.25) is 9.59 Å². The van der Waals surface area contributed by atoms with E-state index in [2.05, 4.69) is 5.32 Å². The summed E-state index contributed by atoms with van der Waals surface area (Å²) in [7, 11) is 1.18. The highest BCUT2D eigenvalue weighted by Crippen LogP contribution is 2.47. The van der Waals surface area contributed by atoms with Crippen molar-refractivity contribution >= 4 is 29.5 Å². The monoisotopic (exact) mass is 759 g/mol. The van der Waals surface area contributed by atoms with E-state index in [4.69, 9.17) is 33.2 Å². The average molecular weight is 760 g/mol. The third-order valence-electron chi connectivity index (χ3n) is 10.2. The zero-order valence-electron chi connectivity index (χ0n) is 31.3. The Balaban J connectivity index is 1.52. The number of amides is 1. The van der Waals surface area contributed by atoms with Gasteiger partial charge < -0.3 is 53.8 Å². The van der Waals surface area contributed by atoms with Gasteiger partial charge in [0.15, 0.2) is 12.4 Å². The molecule has 1 aromatic rings. The standard InChI is InChI=1S/C39H53NO14/c1-23(42)40-26-8-5-7-24(15-26)37(46)53-36-25(17-33(44)48-4)16-31-21-32(22-41)51-34(45)19-27(43)18-28-9-6-10-29(50-28)20-30-12-14-49-35(52-30)11-13-38(2,3)39(36,47)54-31/h5,7-8,11,13,15,17,27-32,35-36,41,43,47H,6,9-10,12,14,16,18-22H2,1-4H3,(H,40,42)/b13-11+,25-17+/t27-,28+,29-,30+,31+,32+,35+,36+,39-/m1/s1. The van der Waals surface area contributed by atoms with Crippen LogP contribution in [0.2, 0.25) is 0 Å². The lowest BCUT2D eigenvalue weighted by atomic mass is 9.74. The number of cyclic esters (lactones) is 1. The van der Waals surface area contributed by atoms with Crippen molar-refractivity contribution in [1.82, 2.24) is 0 Å². The Bertz CT molecular complexity index is 1560. The molecule has 0 aliphatic carbocycles. The van der Waals surface area contributed by atoms with E-state index in [9.17, 15) is 34.5 Å². The van der Waals surface area contributed by atoms with Crippen LogP contribution in [0.3, 0.4) is 0 Å². The third kappa shape index (κ3) is 10.7.